The highest BCUT2D eigenvalue weighted by atomic mass is 32.2. The molecule has 5 nitrogen and oxygen atoms in total. The van der Waals surface area contributed by atoms with Gasteiger partial charge in [0.1, 0.15) is 5.60 Å². The molecule has 0 heterocycles. The molecule has 0 saturated carbocycles. The maximum absolute atomic E-state index is 11.4. The minimum atomic E-state index is -3.50. The van der Waals surface area contributed by atoms with E-state index < -0.39 is 27.6 Å². The Morgan fingerprint density at radius 3 is 2.13 bits per heavy atom. The average molecular weight is 238 g/mol. The van der Waals surface area contributed by atoms with Crippen molar-refractivity contribution in [3.8, 4) is 0 Å². The van der Waals surface area contributed by atoms with Crippen molar-refractivity contribution in [2.24, 2.45) is 5.92 Å². The summed E-state index contributed by atoms with van der Waals surface area (Å²) in [5.41, 5.74) is -0.573. The molecule has 0 saturated heterocycles. The molecule has 0 spiro atoms. The molecule has 1 unspecified atom stereocenters. The number of esters is 1. The summed E-state index contributed by atoms with van der Waals surface area (Å²) in [6, 6.07) is 0. The summed E-state index contributed by atoms with van der Waals surface area (Å²) >= 11 is 0. The number of rotatable bonds is 4. The van der Waals surface area contributed by atoms with Crippen molar-refractivity contribution < 1.29 is 22.1 Å². The van der Waals surface area contributed by atoms with E-state index in [2.05, 4.69) is 4.18 Å². The SMILES string of the molecule is CC(COS(C)(=O)=O)C(=O)OC(C)(C)C. The molecule has 0 rings (SSSR count). The Hall–Kier alpha value is -0.620. The first kappa shape index (κ1) is 14.4. The highest BCUT2D eigenvalue weighted by molar-refractivity contribution is 7.85. The fraction of sp³-hybridized carbons (Fsp3) is 0.889. The summed E-state index contributed by atoms with van der Waals surface area (Å²) in [6.07, 6.45) is 0.939. The van der Waals surface area contributed by atoms with E-state index in [1.165, 1.54) is 0 Å². The number of carbonyl (C=O) groups is 1. The van der Waals surface area contributed by atoms with Crippen molar-refractivity contribution in [1.82, 2.24) is 0 Å². The van der Waals surface area contributed by atoms with E-state index >= 15 is 0 Å². The van der Waals surface area contributed by atoms with Crippen molar-refractivity contribution in [3.63, 3.8) is 0 Å². The quantitative estimate of drug-likeness (QED) is 0.538. The van der Waals surface area contributed by atoms with Gasteiger partial charge in [-0.2, -0.15) is 8.42 Å². The van der Waals surface area contributed by atoms with E-state index in [1.54, 1.807) is 27.7 Å². The molecule has 0 bridgehead atoms. The predicted octanol–water partition coefficient (Wildman–Crippen LogP) is 0.940. The Bertz CT molecular complexity index is 312. The lowest BCUT2D eigenvalue weighted by atomic mass is 10.1. The summed E-state index contributed by atoms with van der Waals surface area (Å²) in [5.74, 6) is -1.06. The van der Waals surface area contributed by atoms with Gasteiger partial charge >= 0.3 is 5.97 Å². The maximum Gasteiger partial charge on any atom is 0.311 e. The molecule has 6 heteroatoms. The van der Waals surface area contributed by atoms with Crippen LogP contribution in [0.2, 0.25) is 0 Å². The first-order chi connectivity index (χ1) is 6.51. The number of carbonyl (C=O) groups excluding carboxylic acids is 1. The lowest BCUT2D eigenvalue weighted by Crippen LogP contribution is -2.30. The third-order valence-corrected chi connectivity index (χ3v) is 1.91. The molecule has 0 aromatic carbocycles. The van der Waals surface area contributed by atoms with Crippen LogP contribution < -0.4 is 0 Å². The lowest BCUT2D eigenvalue weighted by Gasteiger charge is -2.21. The van der Waals surface area contributed by atoms with Crippen LogP contribution in [0, 0.1) is 5.92 Å². The summed E-state index contributed by atoms with van der Waals surface area (Å²) in [7, 11) is -3.50. The Balaban J connectivity index is 4.12. The largest absolute Gasteiger partial charge is 0.460 e. The van der Waals surface area contributed by atoms with Gasteiger partial charge < -0.3 is 4.74 Å². The molecular weight excluding hydrogens is 220 g/mol. The van der Waals surface area contributed by atoms with Crippen LogP contribution in [0.3, 0.4) is 0 Å². The second kappa shape index (κ2) is 4.94. The van der Waals surface area contributed by atoms with Crippen molar-refractivity contribution in [2.75, 3.05) is 12.9 Å². The molecule has 0 N–H and O–H groups in total. The van der Waals surface area contributed by atoms with Crippen LogP contribution in [-0.2, 0) is 23.8 Å². The van der Waals surface area contributed by atoms with Crippen LogP contribution in [0.5, 0.6) is 0 Å². The van der Waals surface area contributed by atoms with Gasteiger partial charge in [0.25, 0.3) is 10.1 Å². The predicted molar refractivity (Wildman–Crippen MR) is 55.8 cm³/mol. The highest BCUT2D eigenvalue weighted by Gasteiger charge is 2.22. The molecule has 0 aromatic heterocycles. The third-order valence-electron chi connectivity index (χ3n) is 1.34. The van der Waals surface area contributed by atoms with Crippen LogP contribution in [-0.4, -0.2) is 32.9 Å². The Morgan fingerprint density at radius 2 is 1.80 bits per heavy atom. The summed E-state index contributed by atoms with van der Waals surface area (Å²) < 4.78 is 30.9. The molecule has 0 amide bonds. The van der Waals surface area contributed by atoms with E-state index in [4.69, 9.17) is 4.74 Å². The first-order valence-electron chi connectivity index (χ1n) is 4.58. The fourth-order valence-electron chi connectivity index (χ4n) is 0.696. The minimum Gasteiger partial charge on any atom is -0.460 e. The van der Waals surface area contributed by atoms with Crippen LogP contribution in [0.1, 0.15) is 27.7 Å². The lowest BCUT2D eigenvalue weighted by molar-refractivity contribution is -0.160. The minimum absolute atomic E-state index is 0.187. The van der Waals surface area contributed by atoms with E-state index in [1.807, 2.05) is 0 Å². The van der Waals surface area contributed by atoms with Gasteiger partial charge in [-0.05, 0) is 27.7 Å². The van der Waals surface area contributed by atoms with Gasteiger partial charge in [0, 0.05) is 0 Å². The highest BCUT2D eigenvalue weighted by Crippen LogP contribution is 2.11. The summed E-state index contributed by atoms with van der Waals surface area (Å²) in [4.78, 5) is 11.4. The van der Waals surface area contributed by atoms with Gasteiger partial charge in [-0.15, -0.1) is 0 Å². The van der Waals surface area contributed by atoms with Crippen LogP contribution in [0.25, 0.3) is 0 Å². The topological polar surface area (TPSA) is 69.7 Å². The summed E-state index contributed by atoms with van der Waals surface area (Å²) in [5, 5.41) is 0. The second-order valence-corrected chi connectivity index (χ2v) is 6.07. The maximum atomic E-state index is 11.4. The third kappa shape index (κ3) is 8.38. The normalized spacial score (nSPS) is 14.7. The van der Waals surface area contributed by atoms with E-state index in [0.717, 1.165) is 6.26 Å². The van der Waals surface area contributed by atoms with Gasteiger partial charge in [0.05, 0.1) is 18.8 Å². The molecule has 0 aliphatic heterocycles. The zero-order chi connectivity index (χ0) is 12.3. The molecule has 0 aromatic rings. The Morgan fingerprint density at radius 1 is 1.33 bits per heavy atom. The number of hydrogen-bond donors (Lipinski definition) is 0. The fourth-order valence-corrected chi connectivity index (χ4v) is 1.15. The molecule has 0 fully saturated rings. The zero-order valence-electron chi connectivity index (χ0n) is 9.73. The first-order valence-corrected chi connectivity index (χ1v) is 6.40. The van der Waals surface area contributed by atoms with Crippen LogP contribution >= 0.6 is 0 Å². The van der Waals surface area contributed by atoms with E-state index in [-0.39, 0.29) is 6.61 Å². The molecule has 90 valence electrons. The van der Waals surface area contributed by atoms with Gasteiger partial charge in [0.2, 0.25) is 0 Å². The molecule has 15 heavy (non-hydrogen) atoms. The smallest absolute Gasteiger partial charge is 0.311 e. The molecule has 0 aliphatic carbocycles. The molecule has 0 aliphatic rings. The van der Waals surface area contributed by atoms with Gasteiger partial charge in [-0.3, -0.25) is 8.98 Å². The standard InChI is InChI=1S/C9H18O5S/c1-7(6-13-15(5,11)12)8(10)14-9(2,3)4/h7H,6H2,1-5H3. The molecule has 0 radical (unpaired) electrons. The monoisotopic (exact) mass is 238 g/mol. The summed E-state index contributed by atoms with van der Waals surface area (Å²) in [6.45, 7) is 6.60. The Kier molecular flexibility index (Phi) is 4.73. The number of ether oxygens (including phenoxy) is 1. The van der Waals surface area contributed by atoms with Crippen molar-refractivity contribution in [1.29, 1.82) is 0 Å². The molecular formula is C9H18O5S. The van der Waals surface area contributed by atoms with Gasteiger partial charge in [0.15, 0.2) is 0 Å². The van der Waals surface area contributed by atoms with Crippen LogP contribution in [0.4, 0.5) is 0 Å². The van der Waals surface area contributed by atoms with E-state index in [0.29, 0.717) is 0 Å². The van der Waals surface area contributed by atoms with Crippen molar-refractivity contribution >= 4 is 16.1 Å². The second-order valence-electron chi connectivity index (χ2n) is 4.42. The zero-order valence-corrected chi connectivity index (χ0v) is 10.6. The van der Waals surface area contributed by atoms with E-state index in [9.17, 15) is 13.2 Å². The number of hydrogen-bond acceptors (Lipinski definition) is 5. The average Bonchev–Trinajstić information content (AvgIpc) is 1.95. The van der Waals surface area contributed by atoms with Crippen molar-refractivity contribution in [2.45, 2.75) is 33.3 Å². The van der Waals surface area contributed by atoms with Crippen molar-refractivity contribution in [3.05, 3.63) is 0 Å². The Labute approximate surface area is 90.9 Å². The van der Waals surface area contributed by atoms with Gasteiger partial charge in [-0.25, -0.2) is 0 Å². The van der Waals surface area contributed by atoms with Gasteiger partial charge in [-0.1, -0.05) is 0 Å². The molecule has 1 atom stereocenters. The van der Waals surface area contributed by atoms with Crippen LogP contribution in [0.15, 0.2) is 0 Å².